The van der Waals surface area contributed by atoms with Crippen LogP contribution >= 0.6 is 11.8 Å². The van der Waals surface area contributed by atoms with Crippen LogP contribution in [0.5, 0.6) is 0 Å². The Bertz CT molecular complexity index is 999. The minimum Gasteiger partial charge on any atom is -0.341 e. The molecule has 2 aromatic carbocycles. The Morgan fingerprint density at radius 1 is 1.19 bits per heavy atom. The Labute approximate surface area is 156 Å². The summed E-state index contributed by atoms with van der Waals surface area (Å²) in [7, 11) is 3.48. The number of amides is 1. The van der Waals surface area contributed by atoms with Crippen LogP contribution in [-0.2, 0) is 18.4 Å². The van der Waals surface area contributed by atoms with Gasteiger partial charge < -0.3 is 4.90 Å². The molecule has 5 nitrogen and oxygen atoms in total. The molecule has 0 aliphatic rings. The van der Waals surface area contributed by atoms with Crippen LogP contribution in [0.3, 0.4) is 0 Å². The minimum atomic E-state index is -0.0914. The van der Waals surface area contributed by atoms with Crippen LogP contribution in [0.4, 0.5) is 0 Å². The van der Waals surface area contributed by atoms with Gasteiger partial charge in [-0.25, -0.2) is 4.98 Å². The maximum absolute atomic E-state index is 12.5. The minimum absolute atomic E-state index is 0.00268. The van der Waals surface area contributed by atoms with Gasteiger partial charge in [-0.05, 0) is 24.6 Å². The number of rotatable bonds is 5. The number of benzene rings is 2. The standard InChI is InChI=1S/C20H21N3O2S/c1-14-9-10-17-16(11-14)19(25)23(3)20(21-17)26-13-18(24)22(2)12-15-7-5-4-6-8-15/h4-11H,12-13H2,1-3H3. The molecular formula is C20H21N3O2S. The number of hydrogen-bond acceptors (Lipinski definition) is 4. The van der Waals surface area contributed by atoms with Gasteiger partial charge >= 0.3 is 0 Å². The molecule has 6 heteroatoms. The maximum Gasteiger partial charge on any atom is 0.261 e. The van der Waals surface area contributed by atoms with Gasteiger partial charge in [0, 0.05) is 20.6 Å². The SMILES string of the molecule is Cc1ccc2nc(SCC(=O)N(C)Cc3ccccc3)n(C)c(=O)c2c1. The number of carbonyl (C=O) groups is 1. The van der Waals surface area contributed by atoms with Crippen molar-refractivity contribution in [3.05, 3.63) is 70.0 Å². The van der Waals surface area contributed by atoms with Gasteiger partial charge in [-0.15, -0.1) is 0 Å². The van der Waals surface area contributed by atoms with E-state index in [1.54, 1.807) is 19.0 Å². The highest BCUT2D eigenvalue weighted by Gasteiger charge is 2.14. The second-order valence-corrected chi connectivity index (χ2v) is 7.25. The first kappa shape index (κ1) is 18.2. The van der Waals surface area contributed by atoms with Crippen LogP contribution in [0, 0.1) is 6.92 Å². The number of hydrogen-bond donors (Lipinski definition) is 0. The summed E-state index contributed by atoms with van der Waals surface area (Å²) in [5.74, 6) is 0.234. The molecule has 134 valence electrons. The van der Waals surface area contributed by atoms with Gasteiger partial charge in [-0.1, -0.05) is 53.7 Å². The summed E-state index contributed by atoms with van der Waals surface area (Å²) < 4.78 is 1.51. The fraction of sp³-hybridized carbons (Fsp3) is 0.250. The molecule has 0 fully saturated rings. The summed E-state index contributed by atoms with van der Waals surface area (Å²) in [6.45, 7) is 2.51. The van der Waals surface area contributed by atoms with Crippen molar-refractivity contribution in [3.63, 3.8) is 0 Å². The van der Waals surface area contributed by atoms with E-state index in [0.717, 1.165) is 11.1 Å². The van der Waals surface area contributed by atoms with Gasteiger partial charge in [0.1, 0.15) is 0 Å². The summed E-state index contributed by atoms with van der Waals surface area (Å²) in [5.41, 5.74) is 2.67. The fourth-order valence-corrected chi connectivity index (χ4v) is 3.59. The molecule has 3 aromatic rings. The Hall–Kier alpha value is -2.60. The van der Waals surface area contributed by atoms with E-state index >= 15 is 0 Å². The Morgan fingerprint density at radius 3 is 2.65 bits per heavy atom. The van der Waals surface area contributed by atoms with E-state index in [9.17, 15) is 9.59 Å². The average Bonchev–Trinajstić information content (AvgIpc) is 2.64. The summed E-state index contributed by atoms with van der Waals surface area (Å²) >= 11 is 1.29. The molecule has 1 amide bonds. The number of aromatic nitrogens is 2. The van der Waals surface area contributed by atoms with Crippen LogP contribution in [0.15, 0.2) is 58.5 Å². The third kappa shape index (κ3) is 3.96. The van der Waals surface area contributed by atoms with Crippen molar-refractivity contribution >= 4 is 28.6 Å². The molecule has 26 heavy (non-hydrogen) atoms. The normalized spacial score (nSPS) is 10.9. The predicted molar refractivity (Wildman–Crippen MR) is 105 cm³/mol. The van der Waals surface area contributed by atoms with Crippen LogP contribution in [0.1, 0.15) is 11.1 Å². The Kier molecular flexibility index (Phi) is 5.42. The number of nitrogens with zero attached hydrogens (tertiary/aromatic N) is 3. The van der Waals surface area contributed by atoms with Crippen molar-refractivity contribution < 1.29 is 4.79 Å². The van der Waals surface area contributed by atoms with Gasteiger partial charge in [0.2, 0.25) is 5.91 Å². The number of carbonyl (C=O) groups excluding carboxylic acids is 1. The molecule has 0 aliphatic carbocycles. The molecule has 0 atom stereocenters. The van der Waals surface area contributed by atoms with E-state index in [2.05, 4.69) is 4.98 Å². The molecule has 0 saturated carbocycles. The molecule has 0 saturated heterocycles. The first-order chi connectivity index (χ1) is 12.5. The monoisotopic (exact) mass is 367 g/mol. The smallest absolute Gasteiger partial charge is 0.261 e. The lowest BCUT2D eigenvalue weighted by Crippen LogP contribution is -2.28. The predicted octanol–water partition coefficient (Wildman–Crippen LogP) is 2.99. The topological polar surface area (TPSA) is 55.2 Å². The lowest BCUT2D eigenvalue weighted by molar-refractivity contribution is -0.127. The van der Waals surface area contributed by atoms with Gasteiger partial charge in [-0.3, -0.25) is 14.2 Å². The Morgan fingerprint density at radius 2 is 1.92 bits per heavy atom. The van der Waals surface area contributed by atoms with Crippen LogP contribution in [0.2, 0.25) is 0 Å². The highest BCUT2D eigenvalue weighted by atomic mass is 32.2. The lowest BCUT2D eigenvalue weighted by Gasteiger charge is -2.17. The van der Waals surface area contributed by atoms with Gasteiger partial charge in [-0.2, -0.15) is 0 Å². The fourth-order valence-electron chi connectivity index (χ4n) is 2.68. The summed E-state index contributed by atoms with van der Waals surface area (Å²) in [4.78, 5) is 31.2. The molecule has 0 unspecified atom stereocenters. The molecular weight excluding hydrogens is 346 g/mol. The summed E-state index contributed by atoms with van der Waals surface area (Å²) in [6, 6.07) is 15.5. The highest BCUT2D eigenvalue weighted by Crippen LogP contribution is 2.18. The van der Waals surface area contributed by atoms with Gasteiger partial charge in [0.25, 0.3) is 5.56 Å². The third-order valence-electron chi connectivity index (χ3n) is 4.20. The van der Waals surface area contributed by atoms with Crippen LogP contribution < -0.4 is 5.56 Å². The zero-order chi connectivity index (χ0) is 18.7. The van der Waals surface area contributed by atoms with Crippen molar-refractivity contribution in [1.82, 2.24) is 14.5 Å². The van der Waals surface area contributed by atoms with Crippen molar-refractivity contribution in [1.29, 1.82) is 0 Å². The first-order valence-electron chi connectivity index (χ1n) is 8.34. The van der Waals surface area contributed by atoms with Crippen molar-refractivity contribution in [2.75, 3.05) is 12.8 Å². The molecule has 0 bridgehead atoms. The largest absolute Gasteiger partial charge is 0.341 e. The van der Waals surface area contributed by atoms with Crippen LogP contribution in [0.25, 0.3) is 10.9 Å². The zero-order valence-corrected chi connectivity index (χ0v) is 15.9. The molecule has 1 aromatic heterocycles. The Balaban J connectivity index is 1.73. The van der Waals surface area contributed by atoms with E-state index in [4.69, 9.17) is 0 Å². The van der Waals surface area contributed by atoms with E-state index in [1.807, 2.05) is 55.5 Å². The van der Waals surface area contributed by atoms with E-state index < -0.39 is 0 Å². The van der Waals surface area contributed by atoms with Crippen molar-refractivity contribution in [2.45, 2.75) is 18.6 Å². The third-order valence-corrected chi connectivity index (χ3v) is 5.22. The molecule has 0 N–H and O–H groups in total. The van der Waals surface area contributed by atoms with Crippen molar-refractivity contribution in [2.24, 2.45) is 7.05 Å². The highest BCUT2D eigenvalue weighted by molar-refractivity contribution is 7.99. The maximum atomic E-state index is 12.5. The summed E-state index contributed by atoms with van der Waals surface area (Å²) in [6.07, 6.45) is 0. The molecule has 0 radical (unpaired) electrons. The van der Waals surface area contributed by atoms with Crippen molar-refractivity contribution in [3.8, 4) is 0 Å². The molecule has 3 rings (SSSR count). The van der Waals surface area contributed by atoms with E-state index in [0.29, 0.717) is 22.6 Å². The van der Waals surface area contributed by atoms with Gasteiger partial charge in [0.15, 0.2) is 5.16 Å². The zero-order valence-electron chi connectivity index (χ0n) is 15.1. The van der Waals surface area contributed by atoms with Gasteiger partial charge in [0.05, 0.1) is 16.7 Å². The second kappa shape index (κ2) is 7.74. The number of aryl methyl sites for hydroxylation is 1. The number of fused-ring (bicyclic) bond motifs is 1. The van der Waals surface area contributed by atoms with E-state index in [1.165, 1.54) is 16.3 Å². The quantitative estimate of drug-likeness (QED) is 0.514. The average molecular weight is 367 g/mol. The molecule has 1 heterocycles. The first-order valence-corrected chi connectivity index (χ1v) is 9.32. The van der Waals surface area contributed by atoms with E-state index in [-0.39, 0.29) is 17.2 Å². The summed E-state index contributed by atoms with van der Waals surface area (Å²) in [5, 5.41) is 1.15. The number of thioether (sulfide) groups is 1. The van der Waals surface area contributed by atoms with Crippen LogP contribution in [-0.4, -0.2) is 33.2 Å². The second-order valence-electron chi connectivity index (χ2n) is 6.30. The molecule has 0 aliphatic heterocycles. The molecule has 0 spiro atoms. The lowest BCUT2D eigenvalue weighted by atomic mass is 10.2.